The Balaban J connectivity index is 1.99. The number of likely N-dealkylation sites (tertiary alicyclic amines) is 1. The predicted octanol–water partition coefficient (Wildman–Crippen LogP) is 2.93. The van der Waals surface area contributed by atoms with Gasteiger partial charge in [0, 0.05) is 25.2 Å². The monoisotopic (exact) mass is 236 g/mol. The van der Waals surface area contributed by atoms with Crippen LogP contribution in [0.1, 0.15) is 52.4 Å². The number of hydrogen-bond acceptors (Lipinski definition) is 2. The first-order valence-electron chi connectivity index (χ1n) is 7.26. The van der Waals surface area contributed by atoms with Crippen LogP contribution in [0.3, 0.4) is 0 Å². The van der Waals surface area contributed by atoms with Crippen LogP contribution in [0.4, 0.5) is 0 Å². The first kappa shape index (κ1) is 13.1. The van der Waals surface area contributed by atoms with Crippen molar-refractivity contribution >= 4 is 0 Å². The van der Waals surface area contributed by atoms with E-state index in [-0.39, 0.29) is 5.41 Å². The van der Waals surface area contributed by atoms with E-state index in [0.717, 1.165) is 13.0 Å². The third-order valence-corrected chi connectivity index (χ3v) is 4.54. The highest BCUT2D eigenvalue weighted by Gasteiger charge is 2.35. The van der Waals surface area contributed by atoms with Gasteiger partial charge in [-0.2, -0.15) is 0 Å². The van der Waals surface area contributed by atoms with E-state index in [2.05, 4.69) is 30.9 Å². The standard InChI is InChI=1S/C15H28N2/c1-15(2)12-17(11-10-14(15)16)13-8-6-4-3-5-7-9-13/h6,8,13-14H,3-5,7,9-12,16H2,1-2H3/b8-6+. The maximum absolute atomic E-state index is 6.22. The number of nitrogens with two attached hydrogens (primary N) is 1. The molecule has 0 aromatic heterocycles. The van der Waals surface area contributed by atoms with Crippen LogP contribution in [0.25, 0.3) is 0 Å². The van der Waals surface area contributed by atoms with Crippen LogP contribution >= 0.6 is 0 Å². The Morgan fingerprint density at radius 2 is 2.00 bits per heavy atom. The van der Waals surface area contributed by atoms with Gasteiger partial charge in [-0.15, -0.1) is 0 Å². The molecule has 0 saturated carbocycles. The average molecular weight is 236 g/mol. The van der Waals surface area contributed by atoms with Crippen LogP contribution in [0.2, 0.25) is 0 Å². The molecule has 2 unspecified atom stereocenters. The zero-order valence-corrected chi connectivity index (χ0v) is 11.5. The molecule has 2 nitrogen and oxygen atoms in total. The highest BCUT2D eigenvalue weighted by atomic mass is 15.2. The van der Waals surface area contributed by atoms with E-state index >= 15 is 0 Å². The molecule has 2 aliphatic rings. The highest BCUT2D eigenvalue weighted by Crippen LogP contribution is 2.30. The van der Waals surface area contributed by atoms with Crippen molar-refractivity contribution in [2.45, 2.75) is 64.5 Å². The molecule has 0 radical (unpaired) electrons. The third kappa shape index (κ3) is 3.32. The van der Waals surface area contributed by atoms with Crippen molar-refractivity contribution in [1.29, 1.82) is 0 Å². The SMILES string of the molecule is CC1(C)CN(C2/C=C/CCCCC2)CCC1N. The summed E-state index contributed by atoms with van der Waals surface area (Å²) >= 11 is 0. The molecule has 0 aromatic carbocycles. The van der Waals surface area contributed by atoms with Gasteiger partial charge in [0.15, 0.2) is 0 Å². The zero-order chi connectivity index (χ0) is 12.3. The summed E-state index contributed by atoms with van der Waals surface area (Å²) in [4.78, 5) is 2.66. The maximum Gasteiger partial charge on any atom is 0.0278 e. The van der Waals surface area contributed by atoms with Crippen molar-refractivity contribution in [3.63, 3.8) is 0 Å². The van der Waals surface area contributed by atoms with Gasteiger partial charge in [-0.05, 0) is 31.1 Å². The van der Waals surface area contributed by atoms with Crippen molar-refractivity contribution in [2.24, 2.45) is 11.1 Å². The fourth-order valence-corrected chi connectivity index (χ4v) is 3.14. The lowest BCUT2D eigenvalue weighted by Gasteiger charge is -2.45. The fourth-order valence-electron chi connectivity index (χ4n) is 3.14. The minimum Gasteiger partial charge on any atom is -0.327 e. The Labute approximate surface area is 106 Å². The van der Waals surface area contributed by atoms with Gasteiger partial charge in [0.1, 0.15) is 0 Å². The van der Waals surface area contributed by atoms with Gasteiger partial charge in [-0.1, -0.05) is 38.8 Å². The van der Waals surface area contributed by atoms with E-state index in [1.165, 1.54) is 38.6 Å². The molecular weight excluding hydrogens is 208 g/mol. The number of allylic oxidation sites excluding steroid dienone is 1. The Morgan fingerprint density at radius 3 is 2.76 bits per heavy atom. The molecule has 1 heterocycles. The summed E-state index contributed by atoms with van der Waals surface area (Å²) in [6.07, 6.45) is 12.8. The van der Waals surface area contributed by atoms with Gasteiger partial charge in [0.05, 0.1) is 0 Å². The van der Waals surface area contributed by atoms with E-state index in [4.69, 9.17) is 5.73 Å². The molecule has 2 rings (SSSR count). The Kier molecular flexibility index (Phi) is 4.26. The lowest BCUT2D eigenvalue weighted by molar-refractivity contribution is 0.0715. The van der Waals surface area contributed by atoms with Crippen LogP contribution in [0.5, 0.6) is 0 Å². The lowest BCUT2D eigenvalue weighted by atomic mass is 9.79. The molecule has 0 bridgehead atoms. The predicted molar refractivity (Wildman–Crippen MR) is 74.0 cm³/mol. The Bertz CT molecular complexity index is 270. The number of piperidine rings is 1. The molecule has 0 spiro atoms. The largest absolute Gasteiger partial charge is 0.327 e. The lowest BCUT2D eigenvalue weighted by Crippen LogP contribution is -2.54. The van der Waals surface area contributed by atoms with Crippen molar-refractivity contribution in [1.82, 2.24) is 4.90 Å². The second-order valence-corrected chi connectivity index (χ2v) is 6.49. The first-order chi connectivity index (χ1) is 8.09. The van der Waals surface area contributed by atoms with Crippen molar-refractivity contribution in [3.8, 4) is 0 Å². The summed E-state index contributed by atoms with van der Waals surface area (Å²) in [5, 5.41) is 0. The van der Waals surface area contributed by atoms with Crippen molar-refractivity contribution in [2.75, 3.05) is 13.1 Å². The number of hydrogen-bond donors (Lipinski definition) is 1. The van der Waals surface area contributed by atoms with Gasteiger partial charge < -0.3 is 5.73 Å². The van der Waals surface area contributed by atoms with E-state index in [1.54, 1.807) is 0 Å². The van der Waals surface area contributed by atoms with E-state index in [9.17, 15) is 0 Å². The molecule has 2 N–H and O–H groups in total. The van der Waals surface area contributed by atoms with Gasteiger partial charge >= 0.3 is 0 Å². The smallest absolute Gasteiger partial charge is 0.0278 e. The molecule has 1 saturated heterocycles. The second-order valence-electron chi connectivity index (χ2n) is 6.49. The van der Waals surface area contributed by atoms with Gasteiger partial charge in [-0.3, -0.25) is 4.90 Å². The van der Waals surface area contributed by atoms with E-state index in [0.29, 0.717) is 12.1 Å². The Morgan fingerprint density at radius 1 is 1.18 bits per heavy atom. The minimum absolute atomic E-state index is 0.272. The normalized spacial score (nSPS) is 37.1. The fraction of sp³-hybridized carbons (Fsp3) is 0.867. The molecule has 1 aliphatic carbocycles. The summed E-state index contributed by atoms with van der Waals surface area (Å²) in [5.74, 6) is 0. The molecule has 0 amide bonds. The van der Waals surface area contributed by atoms with Crippen LogP contribution in [-0.2, 0) is 0 Å². The molecule has 2 atom stereocenters. The summed E-state index contributed by atoms with van der Waals surface area (Å²) in [7, 11) is 0. The van der Waals surface area contributed by atoms with E-state index < -0.39 is 0 Å². The zero-order valence-electron chi connectivity index (χ0n) is 11.5. The molecule has 1 aliphatic heterocycles. The summed E-state index contributed by atoms with van der Waals surface area (Å²) in [5.41, 5.74) is 6.49. The quantitative estimate of drug-likeness (QED) is 0.709. The average Bonchev–Trinajstić information content (AvgIpc) is 2.22. The molecule has 98 valence electrons. The summed E-state index contributed by atoms with van der Waals surface area (Å²) in [6, 6.07) is 1.04. The van der Waals surface area contributed by atoms with Gasteiger partial charge in [0.2, 0.25) is 0 Å². The van der Waals surface area contributed by atoms with Gasteiger partial charge in [0.25, 0.3) is 0 Å². The van der Waals surface area contributed by atoms with E-state index in [1.807, 2.05) is 0 Å². The third-order valence-electron chi connectivity index (χ3n) is 4.54. The Hall–Kier alpha value is -0.340. The number of nitrogens with zero attached hydrogens (tertiary/aromatic N) is 1. The molecule has 17 heavy (non-hydrogen) atoms. The second kappa shape index (κ2) is 5.53. The van der Waals surface area contributed by atoms with Crippen LogP contribution in [0, 0.1) is 5.41 Å². The topological polar surface area (TPSA) is 29.3 Å². The first-order valence-corrected chi connectivity index (χ1v) is 7.26. The molecule has 2 heteroatoms. The van der Waals surface area contributed by atoms with Crippen LogP contribution in [0.15, 0.2) is 12.2 Å². The van der Waals surface area contributed by atoms with Crippen LogP contribution < -0.4 is 5.73 Å². The highest BCUT2D eigenvalue weighted by molar-refractivity contribution is 5.00. The van der Waals surface area contributed by atoms with Crippen molar-refractivity contribution in [3.05, 3.63) is 12.2 Å². The summed E-state index contributed by atoms with van der Waals surface area (Å²) < 4.78 is 0. The molecule has 1 fully saturated rings. The molecule has 0 aromatic rings. The number of rotatable bonds is 1. The molecular formula is C15H28N2. The van der Waals surface area contributed by atoms with Crippen molar-refractivity contribution < 1.29 is 0 Å². The van der Waals surface area contributed by atoms with Gasteiger partial charge in [-0.25, -0.2) is 0 Å². The maximum atomic E-state index is 6.22. The van der Waals surface area contributed by atoms with Crippen LogP contribution in [-0.4, -0.2) is 30.1 Å². The summed E-state index contributed by atoms with van der Waals surface area (Å²) in [6.45, 7) is 6.97. The minimum atomic E-state index is 0.272.